The summed E-state index contributed by atoms with van der Waals surface area (Å²) in [6, 6.07) is 8.39. The first-order valence-corrected chi connectivity index (χ1v) is 4.44. The van der Waals surface area contributed by atoms with Crippen molar-refractivity contribution in [2.75, 3.05) is 7.05 Å². The van der Waals surface area contributed by atoms with E-state index in [0.29, 0.717) is 0 Å². The van der Waals surface area contributed by atoms with Crippen LogP contribution in [0.25, 0.3) is 0 Å². The van der Waals surface area contributed by atoms with E-state index < -0.39 is 0 Å². The number of rotatable bonds is 1. The van der Waals surface area contributed by atoms with Crippen molar-refractivity contribution >= 4 is 15.9 Å². The summed E-state index contributed by atoms with van der Waals surface area (Å²) < 4.78 is 1.15. The molecule has 0 aromatic heterocycles. The van der Waals surface area contributed by atoms with E-state index in [9.17, 15) is 0 Å². The molecule has 0 amide bonds. The Labute approximate surface area is 76.7 Å². The lowest BCUT2D eigenvalue weighted by Gasteiger charge is -1.93. The van der Waals surface area contributed by atoms with E-state index >= 15 is 0 Å². The van der Waals surface area contributed by atoms with Crippen molar-refractivity contribution in [2.24, 2.45) is 5.73 Å². The summed E-state index contributed by atoms with van der Waals surface area (Å²) >= 11 is 3.37. The molecule has 0 aliphatic carbocycles. The van der Waals surface area contributed by atoms with Crippen LogP contribution in [-0.4, -0.2) is 7.05 Å². The lowest BCUT2D eigenvalue weighted by atomic mass is 10.2. The van der Waals surface area contributed by atoms with Gasteiger partial charge in [0.15, 0.2) is 0 Å². The fourth-order valence-corrected chi connectivity index (χ4v) is 0.984. The average Bonchev–Trinajstić information content (AvgIpc) is 2.10. The van der Waals surface area contributed by atoms with Gasteiger partial charge in [-0.2, -0.15) is 0 Å². The Hall–Kier alpha value is -0.340. The molecule has 1 rings (SSSR count). The molecule has 0 aliphatic heterocycles. The third-order valence-electron chi connectivity index (χ3n) is 1.32. The lowest BCUT2D eigenvalue weighted by molar-refractivity contribution is 1.14. The van der Waals surface area contributed by atoms with Gasteiger partial charge in [0.2, 0.25) is 0 Å². The Morgan fingerprint density at radius 3 is 2.00 bits per heavy atom. The van der Waals surface area contributed by atoms with Gasteiger partial charge in [-0.05, 0) is 31.2 Å². The van der Waals surface area contributed by atoms with Crippen LogP contribution >= 0.6 is 15.9 Å². The highest BCUT2D eigenvalue weighted by atomic mass is 79.9. The van der Waals surface area contributed by atoms with Crippen LogP contribution in [0.2, 0.25) is 0 Å². The van der Waals surface area contributed by atoms with Crippen LogP contribution in [0.4, 0.5) is 0 Å². The van der Waals surface area contributed by atoms with Gasteiger partial charge >= 0.3 is 0 Å². The molecule has 2 heteroatoms. The molecule has 0 saturated carbocycles. The molecule has 62 valence electrons. The molecule has 0 fully saturated rings. The van der Waals surface area contributed by atoms with Crippen molar-refractivity contribution in [3.05, 3.63) is 34.3 Å². The Morgan fingerprint density at radius 1 is 1.18 bits per heavy atom. The number of hydrogen-bond acceptors (Lipinski definition) is 1. The fourth-order valence-electron chi connectivity index (χ4n) is 0.720. The molecule has 0 bridgehead atoms. The first kappa shape index (κ1) is 10.7. The van der Waals surface area contributed by atoms with Crippen LogP contribution in [0, 0.1) is 0 Å². The van der Waals surface area contributed by atoms with Crippen LogP contribution in [0.1, 0.15) is 12.5 Å². The van der Waals surface area contributed by atoms with Gasteiger partial charge in [-0.25, -0.2) is 0 Å². The molecule has 0 heterocycles. The minimum Gasteiger partial charge on any atom is -0.333 e. The van der Waals surface area contributed by atoms with Gasteiger partial charge in [0, 0.05) is 4.47 Å². The van der Waals surface area contributed by atoms with Gasteiger partial charge in [0.25, 0.3) is 0 Å². The van der Waals surface area contributed by atoms with E-state index in [4.69, 9.17) is 0 Å². The molecule has 0 spiro atoms. The summed E-state index contributed by atoms with van der Waals surface area (Å²) in [6.45, 7) is 2.16. The maximum atomic E-state index is 4.50. The summed E-state index contributed by atoms with van der Waals surface area (Å²) in [5.74, 6) is 0. The topological polar surface area (TPSA) is 26.0 Å². The summed E-state index contributed by atoms with van der Waals surface area (Å²) in [5.41, 5.74) is 5.89. The maximum Gasteiger partial charge on any atom is 0.0175 e. The summed E-state index contributed by atoms with van der Waals surface area (Å²) in [6.07, 6.45) is 1.12. The van der Waals surface area contributed by atoms with Crippen LogP contribution in [0.3, 0.4) is 0 Å². The molecule has 0 unspecified atom stereocenters. The van der Waals surface area contributed by atoms with Crippen LogP contribution in [0.15, 0.2) is 28.7 Å². The molecule has 1 nitrogen and oxygen atoms in total. The minimum absolute atomic E-state index is 1.12. The smallest absolute Gasteiger partial charge is 0.0175 e. The Balaban J connectivity index is 0.000000461. The van der Waals surface area contributed by atoms with Crippen molar-refractivity contribution in [2.45, 2.75) is 13.3 Å². The fraction of sp³-hybridized carbons (Fsp3) is 0.333. The van der Waals surface area contributed by atoms with Gasteiger partial charge in [-0.15, -0.1) is 0 Å². The van der Waals surface area contributed by atoms with Gasteiger partial charge in [-0.1, -0.05) is 35.0 Å². The van der Waals surface area contributed by atoms with Crippen molar-refractivity contribution in [1.29, 1.82) is 0 Å². The quantitative estimate of drug-likeness (QED) is 0.767. The molecule has 0 saturated heterocycles. The Morgan fingerprint density at radius 2 is 1.64 bits per heavy atom. The molecular formula is C9H14BrN. The normalized spacial score (nSPS) is 8.36. The van der Waals surface area contributed by atoms with E-state index in [-0.39, 0.29) is 0 Å². The molecular weight excluding hydrogens is 202 g/mol. The zero-order valence-corrected chi connectivity index (χ0v) is 8.56. The van der Waals surface area contributed by atoms with E-state index in [1.165, 1.54) is 12.6 Å². The zero-order valence-electron chi connectivity index (χ0n) is 6.97. The van der Waals surface area contributed by atoms with Crippen LogP contribution < -0.4 is 5.73 Å². The summed E-state index contributed by atoms with van der Waals surface area (Å²) in [4.78, 5) is 0. The lowest BCUT2D eigenvalue weighted by Crippen LogP contribution is -1.75. The number of nitrogens with two attached hydrogens (primary N) is 1. The Bertz CT molecular complexity index is 181. The molecule has 0 aliphatic rings. The second kappa shape index (κ2) is 6.38. The molecule has 0 radical (unpaired) electrons. The van der Waals surface area contributed by atoms with Gasteiger partial charge in [-0.3, -0.25) is 0 Å². The highest BCUT2D eigenvalue weighted by molar-refractivity contribution is 9.10. The standard InChI is InChI=1S/C8H9Br.CH5N/c1-2-7-3-5-8(9)6-4-7;1-2/h3-6H,2H2,1H3;2H2,1H3. The zero-order chi connectivity index (χ0) is 8.69. The Kier molecular flexibility index (Phi) is 6.18. The van der Waals surface area contributed by atoms with Crippen LogP contribution in [-0.2, 0) is 6.42 Å². The van der Waals surface area contributed by atoms with Gasteiger partial charge in [0.1, 0.15) is 0 Å². The van der Waals surface area contributed by atoms with E-state index in [1.54, 1.807) is 0 Å². The predicted octanol–water partition coefficient (Wildman–Crippen LogP) is 2.59. The van der Waals surface area contributed by atoms with Crippen molar-refractivity contribution < 1.29 is 0 Å². The van der Waals surface area contributed by atoms with Crippen molar-refractivity contribution in [1.82, 2.24) is 0 Å². The third-order valence-corrected chi connectivity index (χ3v) is 1.85. The maximum absolute atomic E-state index is 4.50. The second-order valence-corrected chi connectivity index (χ2v) is 2.90. The minimum atomic E-state index is 1.12. The molecule has 2 N–H and O–H groups in total. The monoisotopic (exact) mass is 215 g/mol. The number of halogens is 1. The summed E-state index contributed by atoms with van der Waals surface area (Å²) in [7, 11) is 1.50. The SMILES string of the molecule is CCc1ccc(Br)cc1.CN. The number of aryl methyl sites for hydroxylation is 1. The molecule has 0 atom stereocenters. The first-order chi connectivity index (χ1) is 5.33. The van der Waals surface area contributed by atoms with E-state index in [1.807, 2.05) is 0 Å². The van der Waals surface area contributed by atoms with E-state index in [2.05, 4.69) is 52.9 Å². The van der Waals surface area contributed by atoms with Crippen molar-refractivity contribution in [3.8, 4) is 0 Å². The number of hydrogen-bond donors (Lipinski definition) is 1. The van der Waals surface area contributed by atoms with Gasteiger partial charge < -0.3 is 5.73 Å². The van der Waals surface area contributed by atoms with E-state index in [0.717, 1.165) is 10.9 Å². The molecule has 1 aromatic carbocycles. The summed E-state index contributed by atoms with van der Waals surface area (Å²) in [5, 5.41) is 0. The third kappa shape index (κ3) is 4.17. The largest absolute Gasteiger partial charge is 0.333 e. The van der Waals surface area contributed by atoms with Gasteiger partial charge in [0.05, 0.1) is 0 Å². The first-order valence-electron chi connectivity index (χ1n) is 3.65. The second-order valence-electron chi connectivity index (χ2n) is 1.98. The predicted molar refractivity (Wildman–Crippen MR) is 53.6 cm³/mol. The van der Waals surface area contributed by atoms with Crippen LogP contribution in [0.5, 0.6) is 0 Å². The molecule has 11 heavy (non-hydrogen) atoms. The van der Waals surface area contributed by atoms with Crippen molar-refractivity contribution in [3.63, 3.8) is 0 Å². The molecule has 1 aromatic rings. The number of benzene rings is 1. The average molecular weight is 216 g/mol. The highest BCUT2D eigenvalue weighted by Crippen LogP contribution is 2.10. The highest BCUT2D eigenvalue weighted by Gasteiger charge is 1.86.